The van der Waals surface area contributed by atoms with Crippen molar-refractivity contribution in [3.63, 3.8) is 0 Å². The highest BCUT2D eigenvalue weighted by Crippen LogP contribution is 1.99. The molecule has 2 heterocycles. The van der Waals surface area contributed by atoms with Crippen LogP contribution in [0.1, 0.15) is 5.69 Å². The van der Waals surface area contributed by atoms with Crippen LogP contribution in [0.3, 0.4) is 0 Å². The summed E-state index contributed by atoms with van der Waals surface area (Å²) >= 11 is 3.33. The van der Waals surface area contributed by atoms with E-state index in [1.807, 2.05) is 21.6 Å². The Hall–Kier alpha value is -1.17. The minimum atomic E-state index is 0.748. The van der Waals surface area contributed by atoms with Gasteiger partial charge in [-0.25, -0.2) is 4.98 Å². The lowest BCUT2D eigenvalue weighted by Crippen LogP contribution is -2.06. The first-order valence-electron chi connectivity index (χ1n) is 4.29. The van der Waals surface area contributed by atoms with Crippen LogP contribution in [-0.2, 0) is 18.4 Å². The fourth-order valence-electron chi connectivity index (χ4n) is 1.15. The van der Waals surface area contributed by atoms with Gasteiger partial charge in [0.1, 0.15) is 0 Å². The van der Waals surface area contributed by atoms with Crippen molar-refractivity contribution in [2.45, 2.75) is 18.4 Å². The van der Waals surface area contributed by atoms with Gasteiger partial charge >= 0.3 is 0 Å². The van der Waals surface area contributed by atoms with Crippen molar-refractivity contribution in [1.82, 2.24) is 24.5 Å². The molecule has 0 fully saturated rings. The number of nitrogens with zero attached hydrogens (tertiary/aromatic N) is 5. The Morgan fingerprint density at radius 1 is 1.36 bits per heavy atom. The summed E-state index contributed by atoms with van der Waals surface area (Å²) < 4.78 is 3.84. The van der Waals surface area contributed by atoms with Gasteiger partial charge in [0.25, 0.3) is 0 Å². The minimum Gasteiger partial charge on any atom is -0.336 e. The molecular formula is C8H10BrN5. The molecule has 0 saturated heterocycles. The number of aromatic nitrogens is 5. The third-order valence-electron chi connectivity index (χ3n) is 1.87. The predicted octanol–water partition coefficient (Wildman–Crippen LogP) is 1.07. The molecule has 5 nitrogen and oxygen atoms in total. The fraction of sp³-hybridized carbons (Fsp3) is 0.375. The van der Waals surface area contributed by atoms with Crippen LogP contribution in [0, 0.1) is 0 Å². The van der Waals surface area contributed by atoms with Crippen molar-refractivity contribution in [3.8, 4) is 0 Å². The maximum absolute atomic E-state index is 3.99. The summed E-state index contributed by atoms with van der Waals surface area (Å²) in [5, 5.41) is 8.71. The lowest BCUT2D eigenvalue weighted by atomic mass is 10.5. The molecule has 0 atom stereocenters. The third kappa shape index (κ3) is 2.20. The Morgan fingerprint density at radius 3 is 2.93 bits per heavy atom. The summed E-state index contributed by atoms with van der Waals surface area (Å²) in [6, 6.07) is 0. The minimum absolute atomic E-state index is 0.748. The van der Waals surface area contributed by atoms with Crippen LogP contribution in [0.15, 0.2) is 24.9 Å². The van der Waals surface area contributed by atoms with E-state index in [1.54, 1.807) is 12.5 Å². The molecule has 0 aliphatic carbocycles. The van der Waals surface area contributed by atoms with Crippen LogP contribution in [0.4, 0.5) is 0 Å². The lowest BCUT2D eigenvalue weighted by molar-refractivity contribution is 0.519. The van der Waals surface area contributed by atoms with E-state index in [0.717, 1.165) is 24.1 Å². The molecule has 6 heteroatoms. The van der Waals surface area contributed by atoms with Crippen molar-refractivity contribution in [1.29, 1.82) is 0 Å². The molecule has 0 amide bonds. The number of imidazole rings is 1. The highest BCUT2D eigenvalue weighted by molar-refractivity contribution is 9.08. The zero-order valence-corrected chi connectivity index (χ0v) is 9.13. The highest BCUT2D eigenvalue weighted by atomic mass is 79.9. The molecule has 0 aliphatic rings. The molecule has 2 aromatic rings. The van der Waals surface area contributed by atoms with Gasteiger partial charge in [-0.15, -0.1) is 5.10 Å². The summed E-state index contributed by atoms with van der Waals surface area (Å²) in [4.78, 5) is 3.97. The normalized spacial score (nSPS) is 10.6. The molecule has 2 rings (SSSR count). The van der Waals surface area contributed by atoms with Gasteiger partial charge in [-0.2, -0.15) is 0 Å². The maximum Gasteiger partial charge on any atom is 0.0946 e. The van der Waals surface area contributed by atoms with Crippen LogP contribution in [0.5, 0.6) is 0 Å². The van der Waals surface area contributed by atoms with Gasteiger partial charge < -0.3 is 4.57 Å². The topological polar surface area (TPSA) is 48.5 Å². The van der Waals surface area contributed by atoms with E-state index in [-0.39, 0.29) is 0 Å². The first kappa shape index (κ1) is 9.39. The second-order valence-corrected chi connectivity index (χ2v) is 3.47. The Kier molecular flexibility index (Phi) is 2.93. The number of alkyl halides is 1. The van der Waals surface area contributed by atoms with Crippen molar-refractivity contribution in [2.24, 2.45) is 0 Å². The van der Waals surface area contributed by atoms with E-state index in [2.05, 4.69) is 31.2 Å². The molecule has 74 valence electrons. The molecular weight excluding hydrogens is 246 g/mol. The molecule has 0 aromatic carbocycles. The van der Waals surface area contributed by atoms with Gasteiger partial charge in [0.15, 0.2) is 0 Å². The molecule has 0 saturated carbocycles. The average Bonchev–Trinajstić information content (AvgIpc) is 2.86. The van der Waals surface area contributed by atoms with Gasteiger partial charge in [0, 0.05) is 30.5 Å². The Morgan fingerprint density at radius 2 is 2.29 bits per heavy atom. The second kappa shape index (κ2) is 4.36. The van der Waals surface area contributed by atoms with Gasteiger partial charge in [0.2, 0.25) is 0 Å². The SMILES string of the molecule is BrCc1cn(CCn2ccnc2)nn1. The van der Waals surface area contributed by atoms with Crippen molar-refractivity contribution >= 4 is 15.9 Å². The molecule has 0 spiro atoms. The summed E-state index contributed by atoms with van der Waals surface area (Å²) in [7, 11) is 0. The number of aryl methyl sites for hydroxylation is 2. The summed E-state index contributed by atoms with van der Waals surface area (Å²) in [6.45, 7) is 1.68. The smallest absolute Gasteiger partial charge is 0.0946 e. The van der Waals surface area contributed by atoms with Gasteiger partial charge in [-0.1, -0.05) is 21.1 Å². The standard InChI is InChI=1S/C8H10BrN5/c9-5-8-6-14(12-11-8)4-3-13-2-1-10-7-13/h1-2,6-7H,3-5H2. The van der Waals surface area contributed by atoms with Crippen molar-refractivity contribution in [2.75, 3.05) is 0 Å². The second-order valence-electron chi connectivity index (χ2n) is 2.91. The zero-order chi connectivity index (χ0) is 9.80. The summed E-state index contributed by atoms with van der Waals surface area (Å²) in [5.41, 5.74) is 0.954. The molecule has 14 heavy (non-hydrogen) atoms. The van der Waals surface area contributed by atoms with E-state index in [1.165, 1.54) is 0 Å². The van der Waals surface area contributed by atoms with Crippen LogP contribution in [-0.4, -0.2) is 24.5 Å². The van der Waals surface area contributed by atoms with Crippen LogP contribution >= 0.6 is 15.9 Å². The van der Waals surface area contributed by atoms with E-state index >= 15 is 0 Å². The molecule has 0 radical (unpaired) electrons. The van der Waals surface area contributed by atoms with Crippen molar-refractivity contribution < 1.29 is 0 Å². The quantitative estimate of drug-likeness (QED) is 0.769. The monoisotopic (exact) mass is 255 g/mol. The van der Waals surface area contributed by atoms with Gasteiger partial charge in [0.05, 0.1) is 18.6 Å². The summed E-state index contributed by atoms with van der Waals surface area (Å²) in [6.07, 6.45) is 7.43. The Labute approximate surface area is 89.9 Å². The average molecular weight is 256 g/mol. The maximum atomic E-state index is 3.99. The van der Waals surface area contributed by atoms with E-state index in [4.69, 9.17) is 0 Å². The molecule has 0 unspecified atom stereocenters. The number of rotatable bonds is 4. The molecule has 0 aliphatic heterocycles. The van der Waals surface area contributed by atoms with Crippen LogP contribution in [0.25, 0.3) is 0 Å². The molecule has 0 N–H and O–H groups in total. The number of hydrogen-bond donors (Lipinski definition) is 0. The molecule has 2 aromatic heterocycles. The highest BCUT2D eigenvalue weighted by Gasteiger charge is 1.98. The van der Waals surface area contributed by atoms with Crippen molar-refractivity contribution in [3.05, 3.63) is 30.6 Å². The lowest BCUT2D eigenvalue weighted by Gasteiger charge is -2.00. The first-order chi connectivity index (χ1) is 6.88. The van der Waals surface area contributed by atoms with Crippen LogP contribution in [0.2, 0.25) is 0 Å². The Bertz CT molecular complexity index is 380. The molecule has 0 bridgehead atoms. The van der Waals surface area contributed by atoms with Gasteiger partial charge in [-0.05, 0) is 0 Å². The Balaban J connectivity index is 1.92. The van der Waals surface area contributed by atoms with Crippen LogP contribution < -0.4 is 0 Å². The van der Waals surface area contributed by atoms with E-state index < -0.39 is 0 Å². The number of halogens is 1. The largest absolute Gasteiger partial charge is 0.336 e. The number of hydrogen-bond acceptors (Lipinski definition) is 3. The zero-order valence-electron chi connectivity index (χ0n) is 7.54. The van der Waals surface area contributed by atoms with E-state index in [0.29, 0.717) is 0 Å². The van der Waals surface area contributed by atoms with E-state index in [9.17, 15) is 0 Å². The fourth-order valence-corrected chi connectivity index (χ4v) is 1.40. The third-order valence-corrected chi connectivity index (χ3v) is 2.44. The first-order valence-corrected chi connectivity index (χ1v) is 5.41. The van der Waals surface area contributed by atoms with Gasteiger partial charge in [-0.3, -0.25) is 4.68 Å². The predicted molar refractivity (Wildman–Crippen MR) is 54.9 cm³/mol. The summed E-state index contributed by atoms with van der Waals surface area (Å²) in [5.74, 6) is 0.